The first-order chi connectivity index (χ1) is 7.97. The van der Waals surface area contributed by atoms with Gasteiger partial charge in [-0.1, -0.05) is 0 Å². The van der Waals surface area contributed by atoms with Crippen molar-refractivity contribution < 1.29 is 23.8 Å². The van der Waals surface area contributed by atoms with E-state index in [0.29, 0.717) is 0 Å². The van der Waals surface area contributed by atoms with Crippen molar-refractivity contribution in [2.45, 2.75) is 12.3 Å². The van der Waals surface area contributed by atoms with Crippen LogP contribution in [-0.2, 0) is 14.3 Å². The number of nitrogens with one attached hydrogen (secondary N) is 1. The number of ether oxygens (including phenoxy) is 1. The number of methoxy groups -OCH3 is 1. The molecule has 6 nitrogen and oxygen atoms in total. The van der Waals surface area contributed by atoms with Crippen LogP contribution in [0.3, 0.4) is 0 Å². The van der Waals surface area contributed by atoms with E-state index < -0.39 is 18.4 Å². The molecule has 0 aliphatic carbocycles. The number of hydrogen-bond acceptors (Lipinski definition) is 5. The van der Waals surface area contributed by atoms with Gasteiger partial charge in [0.15, 0.2) is 0 Å². The molecule has 1 unspecified atom stereocenters. The van der Waals surface area contributed by atoms with Crippen molar-refractivity contribution in [3.05, 3.63) is 12.3 Å². The summed E-state index contributed by atoms with van der Waals surface area (Å²) in [5, 5.41) is 10.7. The number of rotatable bonds is 8. The first-order valence-corrected chi connectivity index (χ1v) is 4.95. The molecule has 0 heterocycles. The molecule has 0 aromatic rings. The summed E-state index contributed by atoms with van der Waals surface area (Å²) in [4.78, 5) is 22.3. The molecule has 17 heavy (non-hydrogen) atoms. The van der Waals surface area contributed by atoms with Crippen LogP contribution in [0.5, 0.6) is 0 Å². The molecular weight excluding hydrogens is 231 g/mol. The van der Waals surface area contributed by atoms with Gasteiger partial charge in [0.25, 0.3) is 5.91 Å². The van der Waals surface area contributed by atoms with Gasteiger partial charge in [-0.25, -0.2) is 4.39 Å². The number of imide groups is 1. The number of halogens is 1. The largest absolute Gasteiger partial charge is 0.390 e. The molecule has 1 atom stereocenters. The monoisotopic (exact) mass is 248 g/mol. The molecule has 98 valence electrons. The molecule has 2 N–H and O–H groups in total. The Labute approximate surface area is 99.0 Å². The fourth-order valence-corrected chi connectivity index (χ4v) is 0.965. The Bertz CT molecular complexity index is 279. The summed E-state index contributed by atoms with van der Waals surface area (Å²) in [5.41, 5.74) is 0. The van der Waals surface area contributed by atoms with Gasteiger partial charge >= 0.3 is 0 Å². The number of hydrogen-bond donors (Lipinski definition) is 2. The summed E-state index contributed by atoms with van der Waals surface area (Å²) in [6.45, 7) is -0.484. The van der Waals surface area contributed by atoms with E-state index in [1.807, 2.05) is 5.32 Å². The SMILES string of the molecule is COC(F)(CO)CCN(C)/C=C\C(=O)NC=O. The lowest BCUT2D eigenvalue weighted by atomic mass is 10.2. The normalized spacial score (nSPS) is 14.4. The number of carbonyl (C=O) groups excluding carboxylic acids is 2. The number of alkyl halides is 1. The number of nitrogens with zero attached hydrogens (tertiary/aromatic N) is 1. The number of carbonyl (C=O) groups is 2. The van der Waals surface area contributed by atoms with E-state index >= 15 is 0 Å². The average Bonchev–Trinajstić information content (AvgIpc) is 2.34. The zero-order chi connectivity index (χ0) is 13.3. The Hall–Kier alpha value is -1.47. The second-order valence-corrected chi connectivity index (χ2v) is 3.42. The summed E-state index contributed by atoms with van der Waals surface area (Å²) in [5.74, 6) is -2.64. The number of amides is 2. The molecule has 2 amide bonds. The van der Waals surface area contributed by atoms with Crippen molar-refractivity contribution in [3.8, 4) is 0 Å². The van der Waals surface area contributed by atoms with E-state index in [2.05, 4.69) is 4.74 Å². The Kier molecular flexibility index (Phi) is 7.08. The first kappa shape index (κ1) is 15.5. The Morgan fingerprint density at radius 3 is 2.76 bits per heavy atom. The van der Waals surface area contributed by atoms with Gasteiger partial charge in [-0.3, -0.25) is 14.9 Å². The minimum absolute atomic E-state index is 0.0455. The van der Waals surface area contributed by atoms with Crippen LogP contribution in [0.25, 0.3) is 0 Å². The molecule has 0 saturated heterocycles. The summed E-state index contributed by atoms with van der Waals surface area (Å²) in [7, 11) is 2.79. The standard InChI is InChI=1S/C10H17FN2O4/c1-13(5-3-9(16)12-8-15)6-4-10(11,7-14)17-2/h3,5,8,14H,4,6-7H2,1-2H3,(H,12,15,16)/b5-3-. The Balaban J connectivity index is 4.06. The van der Waals surface area contributed by atoms with Crippen LogP contribution in [0, 0.1) is 0 Å². The van der Waals surface area contributed by atoms with Crippen molar-refractivity contribution in [1.82, 2.24) is 10.2 Å². The highest BCUT2D eigenvalue weighted by molar-refractivity contribution is 5.94. The smallest absolute Gasteiger partial charge is 0.251 e. The summed E-state index contributed by atoms with van der Waals surface area (Å²) in [6.07, 6.45) is 2.76. The third-order valence-corrected chi connectivity index (χ3v) is 2.12. The number of aliphatic hydroxyl groups is 1. The molecule has 0 rings (SSSR count). The van der Waals surface area contributed by atoms with E-state index in [1.165, 1.54) is 18.2 Å². The molecule has 0 fully saturated rings. The van der Waals surface area contributed by atoms with Crippen LogP contribution in [0.4, 0.5) is 4.39 Å². The van der Waals surface area contributed by atoms with Gasteiger partial charge in [-0.2, -0.15) is 0 Å². The van der Waals surface area contributed by atoms with Crippen molar-refractivity contribution >= 4 is 12.3 Å². The Morgan fingerprint density at radius 1 is 1.65 bits per heavy atom. The maximum Gasteiger partial charge on any atom is 0.251 e. The first-order valence-electron chi connectivity index (χ1n) is 4.95. The number of aliphatic hydroxyl groups excluding tert-OH is 1. The highest BCUT2D eigenvalue weighted by atomic mass is 19.2. The van der Waals surface area contributed by atoms with E-state index in [4.69, 9.17) is 5.11 Å². The van der Waals surface area contributed by atoms with E-state index in [-0.39, 0.29) is 19.4 Å². The molecule has 0 aliphatic rings. The summed E-state index contributed by atoms with van der Waals surface area (Å²) < 4.78 is 18.0. The lowest BCUT2D eigenvalue weighted by molar-refractivity contribution is -0.156. The maximum atomic E-state index is 13.5. The van der Waals surface area contributed by atoms with Gasteiger partial charge in [0.05, 0.1) is 0 Å². The topological polar surface area (TPSA) is 78.9 Å². The predicted molar refractivity (Wildman–Crippen MR) is 58.5 cm³/mol. The highest BCUT2D eigenvalue weighted by Gasteiger charge is 2.27. The van der Waals surface area contributed by atoms with Crippen molar-refractivity contribution in [1.29, 1.82) is 0 Å². The minimum atomic E-state index is -2.08. The molecule has 0 spiro atoms. The van der Waals surface area contributed by atoms with Gasteiger partial charge in [0, 0.05) is 39.4 Å². The van der Waals surface area contributed by atoms with Gasteiger partial charge in [0.2, 0.25) is 12.3 Å². The summed E-state index contributed by atoms with van der Waals surface area (Å²) >= 11 is 0. The van der Waals surface area contributed by atoms with Crippen molar-refractivity contribution in [3.63, 3.8) is 0 Å². The molecule has 0 radical (unpaired) electrons. The van der Waals surface area contributed by atoms with Crippen LogP contribution in [-0.4, -0.2) is 55.5 Å². The Morgan fingerprint density at radius 2 is 2.29 bits per heavy atom. The minimum Gasteiger partial charge on any atom is -0.390 e. The van der Waals surface area contributed by atoms with E-state index in [1.54, 1.807) is 7.05 Å². The molecule has 0 aromatic carbocycles. The lowest BCUT2D eigenvalue weighted by Gasteiger charge is -2.23. The van der Waals surface area contributed by atoms with Gasteiger partial charge in [-0.15, -0.1) is 0 Å². The van der Waals surface area contributed by atoms with Crippen LogP contribution in [0.1, 0.15) is 6.42 Å². The maximum absolute atomic E-state index is 13.5. The van der Waals surface area contributed by atoms with Crippen LogP contribution in [0.2, 0.25) is 0 Å². The molecular formula is C10H17FN2O4. The third-order valence-electron chi connectivity index (χ3n) is 2.12. The van der Waals surface area contributed by atoms with E-state index in [0.717, 1.165) is 6.08 Å². The quantitative estimate of drug-likeness (QED) is 0.443. The van der Waals surface area contributed by atoms with E-state index in [9.17, 15) is 14.0 Å². The fourth-order valence-electron chi connectivity index (χ4n) is 0.965. The molecule has 0 saturated carbocycles. The molecule has 0 aliphatic heterocycles. The van der Waals surface area contributed by atoms with Gasteiger partial charge < -0.3 is 14.7 Å². The zero-order valence-corrected chi connectivity index (χ0v) is 9.85. The van der Waals surface area contributed by atoms with Gasteiger partial charge in [0.1, 0.15) is 6.61 Å². The van der Waals surface area contributed by atoms with Crippen LogP contribution >= 0.6 is 0 Å². The second-order valence-electron chi connectivity index (χ2n) is 3.42. The summed E-state index contributed by atoms with van der Waals surface area (Å²) in [6, 6.07) is 0. The second kappa shape index (κ2) is 7.75. The van der Waals surface area contributed by atoms with Gasteiger partial charge in [-0.05, 0) is 0 Å². The van der Waals surface area contributed by atoms with Crippen LogP contribution in [0.15, 0.2) is 12.3 Å². The molecule has 7 heteroatoms. The average molecular weight is 248 g/mol. The zero-order valence-electron chi connectivity index (χ0n) is 9.85. The highest BCUT2D eigenvalue weighted by Crippen LogP contribution is 2.16. The predicted octanol–water partition coefficient (Wildman–Crippen LogP) is -0.601. The fraction of sp³-hybridized carbons (Fsp3) is 0.600. The lowest BCUT2D eigenvalue weighted by Crippen LogP contribution is -2.34. The molecule has 0 bridgehead atoms. The van der Waals surface area contributed by atoms with Crippen LogP contribution < -0.4 is 5.32 Å². The van der Waals surface area contributed by atoms with Crippen molar-refractivity contribution in [2.75, 3.05) is 27.3 Å². The molecule has 0 aromatic heterocycles. The van der Waals surface area contributed by atoms with Crippen molar-refractivity contribution in [2.24, 2.45) is 0 Å². The third kappa shape index (κ3) is 6.64.